The Morgan fingerprint density at radius 1 is 1.18 bits per heavy atom. The summed E-state index contributed by atoms with van der Waals surface area (Å²) in [5, 5.41) is 11.5. The molecule has 0 saturated heterocycles. The van der Waals surface area contributed by atoms with Gasteiger partial charge in [0, 0.05) is 29.1 Å². The van der Waals surface area contributed by atoms with E-state index in [-0.39, 0.29) is 18.2 Å². The molecule has 0 fully saturated rings. The number of amides is 2. The fourth-order valence-corrected chi connectivity index (χ4v) is 3.37. The minimum absolute atomic E-state index is 0.151. The van der Waals surface area contributed by atoms with Gasteiger partial charge >= 0.3 is 0 Å². The number of hydrogen-bond acceptors (Lipinski definition) is 6. The molecule has 3 heterocycles. The molecule has 9 nitrogen and oxygen atoms in total. The quantitative estimate of drug-likeness (QED) is 0.521. The lowest BCUT2D eigenvalue weighted by molar-refractivity contribution is -0.119. The maximum absolute atomic E-state index is 12.3. The number of imidazole rings is 1. The van der Waals surface area contributed by atoms with Gasteiger partial charge in [0.25, 0.3) is 0 Å². The predicted molar refractivity (Wildman–Crippen MR) is 105 cm³/mol. The van der Waals surface area contributed by atoms with Crippen molar-refractivity contribution in [1.29, 1.82) is 0 Å². The van der Waals surface area contributed by atoms with Gasteiger partial charge in [-0.25, -0.2) is 14.6 Å². The van der Waals surface area contributed by atoms with Gasteiger partial charge in [0.05, 0.1) is 12.1 Å². The van der Waals surface area contributed by atoms with E-state index in [0.29, 0.717) is 11.4 Å². The zero-order valence-corrected chi connectivity index (χ0v) is 15.8. The van der Waals surface area contributed by atoms with Crippen molar-refractivity contribution in [2.24, 2.45) is 0 Å². The molecule has 0 aliphatic carbocycles. The van der Waals surface area contributed by atoms with E-state index in [4.69, 9.17) is 0 Å². The van der Waals surface area contributed by atoms with Crippen LogP contribution in [0.4, 0.5) is 11.4 Å². The van der Waals surface area contributed by atoms with Gasteiger partial charge in [0.2, 0.25) is 11.8 Å². The first-order valence-electron chi connectivity index (χ1n) is 8.54. The second kappa shape index (κ2) is 7.61. The monoisotopic (exact) mass is 395 g/mol. The van der Waals surface area contributed by atoms with Gasteiger partial charge in [-0.2, -0.15) is 5.10 Å². The van der Waals surface area contributed by atoms with E-state index in [0.717, 1.165) is 10.7 Å². The van der Waals surface area contributed by atoms with E-state index in [2.05, 4.69) is 25.7 Å². The fourth-order valence-electron chi connectivity index (χ4n) is 2.65. The van der Waals surface area contributed by atoms with Crippen LogP contribution < -0.4 is 10.6 Å². The Bertz CT molecular complexity index is 1070. The molecule has 2 amide bonds. The van der Waals surface area contributed by atoms with Crippen LogP contribution in [-0.4, -0.2) is 36.0 Å². The molecule has 1 aromatic carbocycles. The highest BCUT2D eigenvalue weighted by Crippen LogP contribution is 2.16. The Balaban J connectivity index is 1.33. The number of benzene rings is 1. The summed E-state index contributed by atoms with van der Waals surface area (Å²) in [6, 6.07) is 6.45. The van der Waals surface area contributed by atoms with E-state index < -0.39 is 6.04 Å². The Morgan fingerprint density at radius 2 is 1.93 bits per heavy atom. The van der Waals surface area contributed by atoms with Gasteiger partial charge < -0.3 is 10.6 Å². The van der Waals surface area contributed by atoms with Crippen LogP contribution in [0.1, 0.15) is 18.7 Å². The van der Waals surface area contributed by atoms with Gasteiger partial charge in [-0.15, -0.1) is 11.3 Å². The lowest BCUT2D eigenvalue weighted by atomic mass is 10.2. The third-order valence-corrected chi connectivity index (χ3v) is 4.90. The second-order valence-corrected chi connectivity index (χ2v) is 7.04. The maximum Gasteiger partial charge on any atom is 0.249 e. The van der Waals surface area contributed by atoms with Crippen molar-refractivity contribution in [2.75, 3.05) is 10.6 Å². The summed E-state index contributed by atoms with van der Waals surface area (Å²) in [5.74, 6) is -0.357. The molecule has 2 N–H and O–H groups in total. The Labute approximate surface area is 164 Å². The minimum Gasteiger partial charge on any atom is -0.326 e. The number of nitrogens with zero attached hydrogens (tertiary/aromatic N) is 5. The molecule has 0 bridgehead atoms. The normalized spacial score (nSPS) is 12.0. The maximum atomic E-state index is 12.3. The Kier molecular flexibility index (Phi) is 4.85. The van der Waals surface area contributed by atoms with E-state index >= 15 is 0 Å². The first kappa shape index (κ1) is 17.9. The van der Waals surface area contributed by atoms with E-state index in [1.54, 1.807) is 31.2 Å². The number of rotatable bonds is 6. The highest BCUT2D eigenvalue weighted by molar-refractivity contribution is 7.15. The molecule has 4 rings (SSSR count). The summed E-state index contributed by atoms with van der Waals surface area (Å²) in [6.07, 6.45) is 6.83. The topological polar surface area (TPSA) is 106 Å². The van der Waals surface area contributed by atoms with Crippen molar-refractivity contribution in [3.05, 3.63) is 60.4 Å². The van der Waals surface area contributed by atoms with E-state index in [1.165, 1.54) is 28.7 Å². The van der Waals surface area contributed by atoms with E-state index in [1.807, 2.05) is 22.2 Å². The standard InChI is InChI=1S/C18H17N7O2S/c1-12(25-11-19-10-20-25)17(27)22-14-4-2-13(3-5-14)21-16(26)8-15-9-24-6-7-28-18(24)23-15/h2-7,9-12H,8H2,1H3,(H,21,26)(H,22,27)/t12-/m1/s1. The van der Waals surface area contributed by atoms with Crippen LogP contribution in [0, 0.1) is 0 Å². The molecule has 28 heavy (non-hydrogen) atoms. The van der Waals surface area contributed by atoms with Crippen LogP contribution in [0.15, 0.2) is 54.7 Å². The number of hydrogen-bond donors (Lipinski definition) is 2. The summed E-state index contributed by atoms with van der Waals surface area (Å²) in [4.78, 5) is 33.6. The van der Waals surface area contributed by atoms with Crippen LogP contribution in [0.3, 0.4) is 0 Å². The van der Waals surface area contributed by atoms with Crippen LogP contribution >= 0.6 is 11.3 Å². The molecule has 3 aromatic heterocycles. The highest BCUT2D eigenvalue weighted by atomic mass is 32.1. The summed E-state index contributed by atoms with van der Waals surface area (Å²) in [5.41, 5.74) is 1.99. The average molecular weight is 395 g/mol. The summed E-state index contributed by atoms with van der Waals surface area (Å²) in [6.45, 7) is 1.73. The van der Waals surface area contributed by atoms with Crippen LogP contribution in [0.2, 0.25) is 0 Å². The molecular weight excluding hydrogens is 378 g/mol. The fraction of sp³-hybridized carbons (Fsp3) is 0.167. The van der Waals surface area contributed by atoms with Gasteiger partial charge in [-0.3, -0.25) is 14.0 Å². The molecule has 0 spiro atoms. The smallest absolute Gasteiger partial charge is 0.249 e. The summed E-state index contributed by atoms with van der Waals surface area (Å²) in [7, 11) is 0. The van der Waals surface area contributed by atoms with Crippen molar-refractivity contribution in [1.82, 2.24) is 24.1 Å². The van der Waals surface area contributed by atoms with Gasteiger partial charge in [0.15, 0.2) is 4.96 Å². The minimum atomic E-state index is -0.480. The zero-order chi connectivity index (χ0) is 19.5. The van der Waals surface area contributed by atoms with Crippen molar-refractivity contribution in [3.8, 4) is 0 Å². The number of carbonyl (C=O) groups is 2. The number of nitrogens with one attached hydrogen (secondary N) is 2. The summed E-state index contributed by atoms with van der Waals surface area (Å²) < 4.78 is 3.37. The molecule has 0 aliphatic heterocycles. The van der Waals surface area contributed by atoms with Crippen LogP contribution in [0.5, 0.6) is 0 Å². The molecule has 10 heteroatoms. The number of thiazole rings is 1. The largest absolute Gasteiger partial charge is 0.326 e. The molecule has 142 valence electrons. The molecule has 0 saturated carbocycles. The van der Waals surface area contributed by atoms with Crippen molar-refractivity contribution in [2.45, 2.75) is 19.4 Å². The van der Waals surface area contributed by atoms with Crippen molar-refractivity contribution < 1.29 is 9.59 Å². The highest BCUT2D eigenvalue weighted by Gasteiger charge is 2.15. The van der Waals surface area contributed by atoms with Crippen molar-refractivity contribution in [3.63, 3.8) is 0 Å². The number of aromatic nitrogens is 5. The van der Waals surface area contributed by atoms with Crippen LogP contribution in [0.25, 0.3) is 4.96 Å². The van der Waals surface area contributed by atoms with Gasteiger partial charge in [-0.05, 0) is 31.2 Å². The third kappa shape index (κ3) is 3.91. The van der Waals surface area contributed by atoms with Crippen LogP contribution in [-0.2, 0) is 16.0 Å². The molecular formula is C18H17N7O2S. The summed E-state index contributed by atoms with van der Waals surface area (Å²) >= 11 is 1.52. The first-order valence-corrected chi connectivity index (χ1v) is 9.42. The zero-order valence-electron chi connectivity index (χ0n) is 14.9. The SMILES string of the molecule is C[C@H](C(=O)Nc1ccc(NC(=O)Cc2cn3ccsc3n2)cc1)n1cncn1. The average Bonchev–Trinajstić information content (AvgIpc) is 3.40. The third-order valence-electron chi connectivity index (χ3n) is 4.13. The first-order chi connectivity index (χ1) is 13.6. The Hall–Kier alpha value is -3.53. The lowest BCUT2D eigenvalue weighted by Crippen LogP contribution is -2.24. The molecule has 0 unspecified atom stereocenters. The molecule has 4 aromatic rings. The van der Waals surface area contributed by atoms with Crippen molar-refractivity contribution >= 4 is 39.5 Å². The number of carbonyl (C=O) groups excluding carboxylic acids is 2. The molecule has 1 atom stereocenters. The lowest BCUT2D eigenvalue weighted by Gasteiger charge is -2.12. The molecule has 0 aliphatic rings. The number of fused-ring (bicyclic) bond motifs is 1. The Morgan fingerprint density at radius 3 is 2.61 bits per heavy atom. The number of anilines is 2. The molecule has 0 radical (unpaired) electrons. The predicted octanol–water partition coefficient (Wildman–Crippen LogP) is 2.37. The van der Waals surface area contributed by atoms with Gasteiger partial charge in [0.1, 0.15) is 18.7 Å². The second-order valence-electron chi connectivity index (χ2n) is 6.17. The van der Waals surface area contributed by atoms with E-state index in [9.17, 15) is 9.59 Å². The van der Waals surface area contributed by atoms with Gasteiger partial charge in [-0.1, -0.05) is 0 Å².